The highest BCUT2D eigenvalue weighted by Gasteiger charge is 2.15. The van der Waals surface area contributed by atoms with Crippen molar-refractivity contribution in [3.63, 3.8) is 0 Å². The van der Waals surface area contributed by atoms with Gasteiger partial charge >= 0.3 is 0 Å². The molecule has 1 aliphatic heterocycles. The van der Waals surface area contributed by atoms with Gasteiger partial charge < -0.3 is 20.1 Å². The second-order valence-electron chi connectivity index (χ2n) is 5.61. The van der Waals surface area contributed by atoms with Crippen LogP contribution in [-0.4, -0.2) is 25.0 Å². The molecule has 0 unspecified atom stereocenters. The molecule has 0 aliphatic carbocycles. The lowest BCUT2D eigenvalue weighted by atomic mass is 10.1. The van der Waals surface area contributed by atoms with E-state index in [9.17, 15) is 9.59 Å². The first-order valence-corrected chi connectivity index (χ1v) is 8.35. The van der Waals surface area contributed by atoms with Gasteiger partial charge in [-0.05, 0) is 48.0 Å². The van der Waals surface area contributed by atoms with Crippen molar-refractivity contribution in [3.05, 3.63) is 53.1 Å². The number of hydrogen-bond acceptors (Lipinski definition) is 4. The SMILES string of the molecule is CC(=O)Nc1ccc(NC(=O)/C=C/c2cc(Cl)c3c(c2)OCCO3)cc1. The van der Waals surface area contributed by atoms with Crippen LogP contribution in [0.3, 0.4) is 0 Å². The standard InChI is InChI=1S/C19H17ClN2O4/c1-12(23)21-14-3-5-15(6-4-14)22-18(24)7-2-13-10-16(20)19-17(11-13)25-8-9-26-19/h2-7,10-11H,8-9H2,1H3,(H,21,23)(H,22,24)/b7-2+. The van der Waals surface area contributed by atoms with Crippen LogP contribution in [0, 0.1) is 0 Å². The minimum absolute atomic E-state index is 0.150. The van der Waals surface area contributed by atoms with Crippen LogP contribution in [0.1, 0.15) is 12.5 Å². The van der Waals surface area contributed by atoms with Crippen molar-refractivity contribution in [2.75, 3.05) is 23.8 Å². The van der Waals surface area contributed by atoms with Crippen LogP contribution < -0.4 is 20.1 Å². The number of nitrogens with one attached hydrogen (secondary N) is 2. The zero-order valence-corrected chi connectivity index (χ0v) is 14.8. The molecule has 0 spiro atoms. The molecular formula is C19H17ClN2O4. The molecule has 0 fully saturated rings. The number of amides is 2. The molecule has 2 N–H and O–H groups in total. The molecule has 3 rings (SSSR count). The summed E-state index contributed by atoms with van der Waals surface area (Å²) in [7, 11) is 0. The van der Waals surface area contributed by atoms with E-state index in [2.05, 4.69) is 10.6 Å². The number of anilines is 2. The molecule has 0 saturated carbocycles. The van der Waals surface area contributed by atoms with Crippen molar-refractivity contribution in [2.24, 2.45) is 0 Å². The third-order valence-electron chi connectivity index (χ3n) is 3.52. The van der Waals surface area contributed by atoms with Gasteiger partial charge in [0, 0.05) is 24.4 Å². The van der Waals surface area contributed by atoms with Gasteiger partial charge in [-0.15, -0.1) is 0 Å². The summed E-state index contributed by atoms with van der Waals surface area (Å²) < 4.78 is 11.0. The first-order valence-electron chi connectivity index (χ1n) is 7.97. The molecule has 0 atom stereocenters. The van der Waals surface area contributed by atoms with Crippen molar-refractivity contribution in [1.29, 1.82) is 0 Å². The molecular weight excluding hydrogens is 356 g/mol. The number of carbonyl (C=O) groups is 2. The van der Waals surface area contributed by atoms with E-state index >= 15 is 0 Å². The van der Waals surface area contributed by atoms with Crippen molar-refractivity contribution in [1.82, 2.24) is 0 Å². The fourth-order valence-electron chi connectivity index (χ4n) is 2.42. The molecule has 0 bridgehead atoms. The molecule has 26 heavy (non-hydrogen) atoms. The van der Waals surface area contributed by atoms with Gasteiger partial charge in [0.25, 0.3) is 0 Å². The van der Waals surface area contributed by atoms with Crippen LogP contribution in [0.5, 0.6) is 11.5 Å². The molecule has 0 saturated heterocycles. The Bertz CT molecular complexity index is 863. The molecule has 2 aromatic rings. The van der Waals surface area contributed by atoms with Crippen LogP contribution in [0.4, 0.5) is 11.4 Å². The van der Waals surface area contributed by atoms with E-state index in [4.69, 9.17) is 21.1 Å². The van der Waals surface area contributed by atoms with E-state index in [1.807, 2.05) is 0 Å². The van der Waals surface area contributed by atoms with E-state index in [1.54, 1.807) is 42.5 Å². The molecule has 0 aromatic heterocycles. The maximum Gasteiger partial charge on any atom is 0.248 e. The van der Waals surface area contributed by atoms with Gasteiger partial charge in [-0.3, -0.25) is 9.59 Å². The summed E-state index contributed by atoms with van der Waals surface area (Å²) in [5.41, 5.74) is 2.02. The molecule has 7 heteroatoms. The van der Waals surface area contributed by atoms with Gasteiger partial charge in [0.2, 0.25) is 11.8 Å². The average molecular weight is 373 g/mol. The van der Waals surface area contributed by atoms with Gasteiger partial charge in [-0.1, -0.05) is 11.6 Å². The predicted molar refractivity (Wildman–Crippen MR) is 101 cm³/mol. The molecule has 6 nitrogen and oxygen atoms in total. The van der Waals surface area contributed by atoms with E-state index in [0.29, 0.717) is 41.1 Å². The monoisotopic (exact) mass is 372 g/mol. The predicted octanol–water partition coefficient (Wildman–Crippen LogP) is 3.72. The molecule has 2 amide bonds. The van der Waals surface area contributed by atoms with Crippen molar-refractivity contribution in [2.45, 2.75) is 6.92 Å². The normalized spacial score (nSPS) is 12.7. The summed E-state index contributed by atoms with van der Waals surface area (Å²) >= 11 is 6.17. The van der Waals surface area contributed by atoms with Crippen LogP contribution in [0.25, 0.3) is 6.08 Å². The Hall–Kier alpha value is -2.99. The first kappa shape index (κ1) is 17.8. The van der Waals surface area contributed by atoms with Gasteiger partial charge in [0.15, 0.2) is 11.5 Å². The summed E-state index contributed by atoms with van der Waals surface area (Å²) in [6, 6.07) is 10.3. The Morgan fingerprint density at radius 1 is 1.04 bits per heavy atom. The Balaban J connectivity index is 1.64. The van der Waals surface area contributed by atoms with E-state index in [1.165, 1.54) is 13.0 Å². The number of benzene rings is 2. The quantitative estimate of drug-likeness (QED) is 0.802. The number of rotatable bonds is 4. The highest BCUT2D eigenvalue weighted by molar-refractivity contribution is 6.32. The third kappa shape index (κ3) is 4.55. The fourth-order valence-corrected chi connectivity index (χ4v) is 2.70. The van der Waals surface area contributed by atoms with Crippen molar-refractivity contribution < 1.29 is 19.1 Å². The topological polar surface area (TPSA) is 76.7 Å². The highest BCUT2D eigenvalue weighted by atomic mass is 35.5. The molecule has 1 heterocycles. The van der Waals surface area contributed by atoms with Gasteiger partial charge in [0.05, 0.1) is 5.02 Å². The first-order chi connectivity index (χ1) is 12.5. The Labute approximate surface area is 155 Å². The van der Waals surface area contributed by atoms with Gasteiger partial charge in [0.1, 0.15) is 13.2 Å². The Morgan fingerprint density at radius 2 is 1.69 bits per heavy atom. The van der Waals surface area contributed by atoms with Gasteiger partial charge in [-0.25, -0.2) is 0 Å². The van der Waals surface area contributed by atoms with E-state index in [0.717, 1.165) is 5.56 Å². The zero-order chi connectivity index (χ0) is 18.5. The zero-order valence-electron chi connectivity index (χ0n) is 14.0. The summed E-state index contributed by atoms with van der Waals surface area (Å²) in [6.07, 6.45) is 3.05. The third-order valence-corrected chi connectivity index (χ3v) is 3.80. The number of fused-ring (bicyclic) bond motifs is 1. The number of halogens is 1. The lowest BCUT2D eigenvalue weighted by molar-refractivity contribution is -0.114. The highest BCUT2D eigenvalue weighted by Crippen LogP contribution is 2.38. The summed E-state index contributed by atoms with van der Waals surface area (Å²) in [6.45, 7) is 2.36. The molecule has 2 aromatic carbocycles. The van der Waals surface area contributed by atoms with Crippen LogP contribution in [0.15, 0.2) is 42.5 Å². The maximum atomic E-state index is 12.1. The minimum atomic E-state index is -0.289. The average Bonchev–Trinajstić information content (AvgIpc) is 2.61. The number of hydrogen-bond donors (Lipinski definition) is 2. The van der Waals surface area contributed by atoms with Crippen LogP contribution in [-0.2, 0) is 9.59 Å². The Morgan fingerprint density at radius 3 is 2.38 bits per heavy atom. The fraction of sp³-hybridized carbons (Fsp3) is 0.158. The minimum Gasteiger partial charge on any atom is -0.486 e. The number of ether oxygens (including phenoxy) is 2. The summed E-state index contributed by atoms with van der Waals surface area (Å²) in [5, 5.41) is 5.84. The van der Waals surface area contributed by atoms with E-state index < -0.39 is 0 Å². The van der Waals surface area contributed by atoms with Crippen LogP contribution in [0.2, 0.25) is 5.02 Å². The molecule has 1 aliphatic rings. The van der Waals surface area contributed by atoms with Crippen molar-refractivity contribution >= 4 is 40.9 Å². The van der Waals surface area contributed by atoms with E-state index in [-0.39, 0.29) is 11.8 Å². The second-order valence-corrected chi connectivity index (χ2v) is 6.02. The lowest BCUT2D eigenvalue weighted by Crippen LogP contribution is -2.15. The molecule has 134 valence electrons. The Kier molecular flexibility index (Phi) is 5.43. The smallest absolute Gasteiger partial charge is 0.248 e. The van der Waals surface area contributed by atoms with Gasteiger partial charge in [-0.2, -0.15) is 0 Å². The van der Waals surface area contributed by atoms with Crippen LogP contribution >= 0.6 is 11.6 Å². The summed E-state index contributed by atoms with van der Waals surface area (Å²) in [4.78, 5) is 23.1. The maximum absolute atomic E-state index is 12.1. The number of carbonyl (C=O) groups excluding carboxylic acids is 2. The van der Waals surface area contributed by atoms with Crippen molar-refractivity contribution in [3.8, 4) is 11.5 Å². The second kappa shape index (κ2) is 7.93. The largest absolute Gasteiger partial charge is 0.486 e. The summed E-state index contributed by atoms with van der Waals surface area (Å²) in [5.74, 6) is 0.655. The lowest BCUT2D eigenvalue weighted by Gasteiger charge is -2.19. The molecule has 0 radical (unpaired) electrons.